The maximum Gasteiger partial charge on any atom is 0.407 e. The van der Waals surface area contributed by atoms with Crippen molar-refractivity contribution in [3.8, 4) is 0 Å². The lowest BCUT2D eigenvalue weighted by molar-refractivity contribution is -0.143. The molecule has 3 aromatic carbocycles. The summed E-state index contributed by atoms with van der Waals surface area (Å²) in [4.78, 5) is 31.7. The van der Waals surface area contributed by atoms with Crippen LogP contribution in [0.4, 0.5) is 4.79 Å². The third-order valence-corrected chi connectivity index (χ3v) is 7.90. The van der Waals surface area contributed by atoms with Crippen LogP contribution in [0, 0.1) is 0 Å². The van der Waals surface area contributed by atoms with Crippen LogP contribution < -0.4 is 5.32 Å². The first kappa shape index (κ1) is 30.0. The summed E-state index contributed by atoms with van der Waals surface area (Å²) < 4.78 is 7.53. The van der Waals surface area contributed by atoms with Gasteiger partial charge in [-0.2, -0.15) is 0 Å². The van der Waals surface area contributed by atoms with Crippen LogP contribution in [-0.4, -0.2) is 62.4 Å². The van der Waals surface area contributed by atoms with Gasteiger partial charge in [-0.05, 0) is 56.8 Å². The number of ether oxygens (including phenoxy) is 1. The fourth-order valence-electron chi connectivity index (χ4n) is 6.09. The largest absolute Gasteiger partial charge is 0.480 e. The Balaban J connectivity index is 1.46. The number of hydrogen-bond acceptors (Lipinski definition) is 5. The summed E-state index contributed by atoms with van der Waals surface area (Å²) in [6.07, 6.45) is 5.08. The molecule has 5 rings (SSSR count). The average molecular weight is 581 g/mol. The number of likely N-dealkylation sites (tertiary alicyclic amines) is 1. The van der Waals surface area contributed by atoms with Crippen LogP contribution in [0.3, 0.4) is 0 Å². The van der Waals surface area contributed by atoms with Crippen LogP contribution in [0.5, 0.6) is 0 Å². The highest BCUT2D eigenvalue weighted by Crippen LogP contribution is 2.40. The molecule has 8 heteroatoms. The third kappa shape index (κ3) is 6.81. The van der Waals surface area contributed by atoms with Gasteiger partial charge in [-0.3, -0.25) is 9.69 Å². The van der Waals surface area contributed by atoms with E-state index in [0.29, 0.717) is 18.8 Å². The van der Waals surface area contributed by atoms with Gasteiger partial charge in [-0.25, -0.2) is 9.78 Å². The molecule has 4 aromatic rings. The number of aliphatic carboxylic acids is 1. The summed E-state index contributed by atoms with van der Waals surface area (Å²) in [7, 11) is 0. The second kappa shape index (κ2) is 12.8. The summed E-state index contributed by atoms with van der Waals surface area (Å²) in [5.41, 5.74) is 2.56. The standard InChI is InChI=1S/C35H40N4O4/c1-34(2,3)43-33(42)37-29-20-13-21-38(23-29)31(32(40)41)22-30-24-39(25-36-30)35(26-14-7-4-8-15-26,27-16-9-5-10-17-27)28-18-11-6-12-19-28/h4-12,14-19,24-25,29,31H,13,20-23H2,1-3H3,(H,37,42)(H,40,41). The van der Waals surface area contributed by atoms with E-state index in [1.807, 2.05) is 92.8 Å². The molecule has 0 radical (unpaired) electrons. The first-order valence-electron chi connectivity index (χ1n) is 14.8. The number of rotatable bonds is 9. The van der Waals surface area contributed by atoms with E-state index in [1.165, 1.54) is 0 Å². The van der Waals surface area contributed by atoms with Crippen molar-refractivity contribution in [2.45, 2.75) is 63.3 Å². The van der Waals surface area contributed by atoms with E-state index >= 15 is 0 Å². The van der Waals surface area contributed by atoms with Crippen molar-refractivity contribution in [1.29, 1.82) is 0 Å². The predicted octanol–water partition coefficient (Wildman–Crippen LogP) is 5.71. The Morgan fingerprint density at radius 3 is 1.95 bits per heavy atom. The van der Waals surface area contributed by atoms with Crippen molar-refractivity contribution in [3.05, 3.63) is 126 Å². The van der Waals surface area contributed by atoms with E-state index in [4.69, 9.17) is 9.72 Å². The maximum absolute atomic E-state index is 12.6. The SMILES string of the molecule is CC(C)(C)OC(=O)NC1CCCN(C(Cc2cn(C(c3ccccc3)(c3ccccc3)c3ccccc3)cn2)C(=O)O)C1. The zero-order valence-electron chi connectivity index (χ0n) is 25.0. The van der Waals surface area contributed by atoms with Crippen molar-refractivity contribution in [3.63, 3.8) is 0 Å². The predicted molar refractivity (Wildman–Crippen MR) is 166 cm³/mol. The van der Waals surface area contributed by atoms with E-state index < -0.39 is 29.2 Å². The summed E-state index contributed by atoms with van der Waals surface area (Å²) in [5, 5.41) is 13.2. The van der Waals surface area contributed by atoms with E-state index in [9.17, 15) is 14.7 Å². The minimum Gasteiger partial charge on any atom is -0.480 e. The quantitative estimate of drug-likeness (QED) is 0.246. The normalized spacial score (nSPS) is 16.8. The lowest BCUT2D eigenvalue weighted by Gasteiger charge is -2.37. The number of carboxylic acid groups (broad SMARTS) is 1. The van der Waals surface area contributed by atoms with E-state index in [2.05, 4.69) is 46.3 Å². The van der Waals surface area contributed by atoms with Crippen LogP contribution in [-0.2, 0) is 21.5 Å². The van der Waals surface area contributed by atoms with Crippen LogP contribution >= 0.6 is 0 Å². The van der Waals surface area contributed by atoms with Crippen molar-refractivity contribution >= 4 is 12.1 Å². The Morgan fingerprint density at radius 2 is 1.47 bits per heavy atom. The molecule has 1 fully saturated rings. The molecule has 0 aliphatic carbocycles. The smallest absolute Gasteiger partial charge is 0.407 e. The van der Waals surface area contributed by atoms with Crippen LogP contribution in [0.2, 0.25) is 0 Å². The molecule has 43 heavy (non-hydrogen) atoms. The molecule has 1 aliphatic rings. The van der Waals surface area contributed by atoms with Crippen molar-refractivity contribution in [1.82, 2.24) is 19.8 Å². The van der Waals surface area contributed by atoms with Gasteiger partial charge in [-0.1, -0.05) is 91.0 Å². The molecule has 2 heterocycles. The summed E-state index contributed by atoms with van der Waals surface area (Å²) in [5.74, 6) is -0.909. The number of nitrogens with one attached hydrogen (secondary N) is 1. The lowest BCUT2D eigenvalue weighted by atomic mass is 9.77. The highest BCUT2D eigenvalue weighted by Gasteiger charge is 2.39. The highest BCUT2D eigenvalue weighted by molar-refractivity contribution is 5.74. The second-order valence-corrected chi connectivity index (χ2v) is 12.1. The van der Waals surface area contributed by atoms with Gasteiger partial charge in [0.1, 0.15) is 17.2 Å². The number of carboxylic acids is 1. The number of alkyl carbamates (subject to hydrolysis) is 1. The summed E-state index contributed by atoms with van der Waals surface area (Å²) >= 11 is 0. The molecule has 1 amide bonds. The number of carbonyl (C=O) groups is 2. The van der Waals surface area contributed by atoms with Gasteiger partial charge in [0.25, 0.3) is 0 Å². The van der Waals surface area contributed by atoms with Gasteiger partial charge in [-0.15, -0.1) is 0 Å². The molecule has 0 bridgehead atoms. The number of hydrogen-bond donors (Lipinski definition) is 2. The zero-order valence-corrected chi connectivity index (χ0v) is 25.0. The Bertz CT molecular complexity index is 1400. The number of amides is 1. The number of aromatic nitrogens is 2. The summed E-state index contributed by atoms with van der Waals surface area (Å²) in [6.45, 7) is 6.52. The molecule has 0 saturated carbocycles. The highest BCUT2D eigenvalue weighted by atomic mass is 16.6. The van der Waals surface area contributed by atoms with Crippen molar-refractivity contribution < 1.29 is 19.4 Å². The molecular formula is C35H40N4O4. The maximum atomic E-state index is 12.6. The van der Waals surface area contributed by atoms with Gasteiger partial charge >= 0.3 is 12.1 Å². The number of carbonyl (C=O) groups excluding carboxylic acids is 1. The third-order valence-electron chi connectivity index (χ3n) is 7.90. The minimum atomic E-state index is -0.909. The Kier molecular flexibility index (Phi) is 8.97. The first-order valence-corrected chi connectivity index (χ1v) is 14.8. The van der Waals surface area contributed by atoms with Crippen LogP contribution in [0.1, 0.15) is 56.0 Å². The first-order chi connectivity index (χ1) is 20.7. The van der Waals surface area contributed by atoms with Gasteiger partial charge in [0, 0.05) is 25.2 Å². The summed E-state index contributed by atoms with van der Waals surface area (Å²) in [6, 6.07) is 29.9. The zero-order chi connectivity index (χ0) is 30.5. The lowest BCUT2D eigenvalue weighted by Crippen LogP contribution is -2.54. The molecule has 8 nitrogen and oxygen atoms in total. The van der Waals surface area contributed by atoms with Crippen LogP contribution in [0.15, 0.2) is 104 Å². The molecular weight excluding hydrogens is 540 g/mol. The van der Waals surface area contributed by atoms with Gasteiger partial charge in [0.2, 0.25) is 0 Å². The molecule has 224 valence electrons. The fraction of sp³-hybridized carbons (Fsp3) is 0.343. The second-order valence-electron chi connectivity index (χ2n) is 12.1. The molecule has 1 saturated heterocycles. The van der Waals surface area contributed by atoms with Gasteiger partial charge in [0.15, 0.2) is 0 Å². The monoisotopic (exact) mass is 580 g/mol. The molecule has 2 unspecified atom stereocenters. The van der Waals surface area contributed by atoms with E-state index in [0.717, 1.165) is 29.5 Å². The van der Waals surface area contributed by atoms with E-state index in [1.54, 1.807) is 0 Å². The van der Waals surface area contributed by atoms with Gasteiger partial charge < -0.3 is 19.7 Å². The Hall–Kier alpha value is -4.43. The van der Waals surface area contributed by atoms with Crippen LogP contribution in [0.25, 0.3) is 0 Å². The number of piperidine rings is 1. The molecule has 1 aromatic heterocycles. The average Bonchev–Trinajstić information content (AvgIpc) is 3.46. The van der Waals surface area contributed by atoms with Crippen molar-refractivity contribution in [2.75, 3.05) is 13.1 Å². The Morgan fingerprint density at radius 1 is 0.930 bits per heavy atom. The number of nitrogens with zero attached hydrogens (tertiary/aromatic N) is 3. The number of imidazole rings is 1. The molecule has 1 aliphatic heterocycles. The minimum absolute atomic E-state index is 0.190. The molecule has 2 atom stereocenters. The molecule has 0 spiro atoms. The topological polar surface area (TPSA) is 96.7 Å². The fourth-order valence-corrected chi connectivity index (χ4v) is 6.09. The van der Waals surface area contributed by atoms with Crippen molar-refractivity contribution in [2.24, 2.45) is 0 Å². The Labute approximate surface area is 253 Å². The van der Waals surface area contributed by atoms with E-state index in [-0.39, 0.29) is 12.5 Å². The van der Waals surface area contributed by atoms with Gasteiger partial charge in [0.05, 0.1) is 12.0 Å². The molecule has 2 N–H and O–H groups in total. The number of benzene rings is 3.